The van der Waals surface area contributed by atoms with Gasteiger partial charge in [0.15, 0.2) is 9.84 Å². The van der Waals surface area contributed by atoms with Crippen molar-refractivity contribution in [2.24, 2.45) is 10.2 Å². The van der Waals surface area contributed by atoms with E-state index in [-0.39, 0.29) is 78.4 Å². The molecule has 3 aromatic rings. The Kier molecular flexibility index (Phi) is 10.1. The van der Waals surface area contributed by atoms with Crippen LogP contribution in [0.3, 0.4) is 0 Å². The summed E-state index contributed by atoms with van der Waals surface area (Å²) in [6.07, 6.45) is 0. The van der Waals surface area contributed by atoms with Crippen molar-refractivity contribution >= 4 is 63.8 Å². The summed E-state index contributed by atoms with van der Waals surface area (Å²) in [7, 11) is -13.8. The molecule has 0 heterocycles. The van der Waals surface area contributed by atoms with E-state index in [0.717, 1.165) is 49.4 Å². The predicted octanol–water partition coefficient (Wildman–Crippen LogP) is -0.0772. The van der Waals surface area contributed by atoms with Gasteiger partial charge in [0.05, 0.1) is 9.79 Å². The van der Waals surface area contributed by atoms with Gasteiger partial charge >= 0.3 is 61.5 Å². The van der Waals surface area contributed by atoms with Gasteiger partial charge in [-0.2, -0.15) is 8.42 Å². The van der Waals surface area contributed by atoms with Gasteiger partial charge in [-0.25, -0.2) is 22.1 Å². The molecule has 0 saturated carbocycles. The third-order valence-corrected chi connectivity index (χ3v) is 7.96. The first kappa shape index (κ1) is 32.1. The molecular weight excluding hydrogens is 594 g/mol. The number of hydrogen-bond acceptors (Lipinski definition) is 13. The number of nitrogens with one attached hydrogen (secondary N) is 1. The number of rotatable bonds is 8. The molecule has 0 aromatic heterocycles. The first-order valence-corrected chi connectivity index (χ1v) is 14.0. The molecule has 14 nitrogen and oxygen atoms in total. The maximum Gasteiger partial charge on any atom is 1.00 e. The van der Waals surface area contributed by atoms with E-state index in [2.05, 4.69) is 26.5 Å². The van der Waals surface area contributed by atoms with Crippen LogP contribution in [0.2, 0.25) is 0 Å². The number of phenols is 1. The van der Waals surface area contributed by atoms with Crippen molar-refractivity contribution in [3.8, 4) is 5.75 Å². The summed E-state index contributed by atoms with van der Waals surface area (Å²) in [4.78, 5) is 9.72. The molecule has 0 fully saturated rings. The summed E-state index contributed by atoms with van der Waals surface area (Å²) in [5.41, 5.74) is -0.981. The standard InChI is InChI=1S/C20H17N3O11S3.K/c1-3-35(27,28)13-4-5-16(19(25)9-13)22-23-18-10-15-12(7-20(18)37(32,33)34-26)6-14(36(29,30)31)8-17(15)21-11(2)24;/h3-10,25-26H,1H2,2H3,(H,21,24)(H,29,30,31);/q;+1/p-1. The van der Waals surface area contributed by atoms with E-state index in [4.69, 9.17) is 5.26 Å². The summed E-state index contributed by atoms with van der Waals surface area (Å²) in [5.74, 6) is -1.29. The molecule has 0 atom stereocenters. The topological polar surface area (TPSA) is 229 Å². The Balaban J connectivity index is 0.00000507. The normalized spacial score (nSPS) is 12.3. The van der Waals surface area contributed by atoms with Gasteiger partial charge in [-0.1, -0.05) is 6.58 Å². The summed E-state index contributed by atoms with van der Waals surface area (Å²) < 4.78 is 86.6. The van der Waals surface area contributed by atoms with Gasteiger partial charge in [-0.15, -0.1) is 14.6 Å². The molecule has 1 amide bonds. The van der Waals surface area contributed by atoms with Crippen LogP contribution in [0.15, 0.2) is 79.4 Å². The summed E-state index contributed by atoms with van der Waals surface area (Å²) in [6, 6.07) is 6.56. The van der Waals surface area contributed by atoms with Crippen molar-refractivity contribution < 1.29 is 101 Å². The molecule has 0 aliphatic rings. The average Bonchev–Trinajstić information content (AvgIpc) is 2.81. The van der Waals surface area contributed by atoms with E-state index >= 15 is 0 Å². The van der Waals surface area contributed by atoms with Crippen molar-refractivity contribution in [3.05, 3.63) is 54.5 Å². The van der Waals surface area contributed by atoms with Gasteiger partial charge in [-0.3, -0.25) is 4.79 Å². The number of azo groups is 1. The summed E-state index contributed by atoms with van der Waals surface area (Å²) >= 11 is 0. The number of benzene rings is 3. The number of fused-ring (bicyclic) bond motifs is 1. The van der Waals surface area contributed by atoms with Crippen LogP contribution in [0.25, 0.3) is 10.8 Å². The van der Waals surface area contributed by atoms with Crippen LogP contribution in [0, 0.1) is 0 Å². The molecule has 0 spiro atoms. The van der Waals surface area contributed by atoms with Crippen LogP contribution < -0.4 is 56.7 Å². The van der Waals surface area contributed by atoms with Crippen LogP contribution in [0.1, 0.15) is 6.92 Å². The fraction of sp³-hybridized carbons (Fsp3) is 0.0500. The smallest absolute Gasteiger partial charge is 0.744 e. The second-order valence-electron chi connectivity index (χ2n) is 7.24. The summed E-state index contributed by atoms with van der Waals surface area (Å²) in [6.45, 7) is 4.27. The predicted molar refractivity (Wildman–Crippen MR) is 127 cm³/mol. The number of phenolic OH excluding ortho intramolecular Hbond substituents is 1. The van der Waals surface area contributed by atoms with Gasteiger partial charge in [0.1, 0.15) is 32.1 Å². The van der Waals surface area contributed by atoms with E-state index in [9.17, 15) is 39.7 Å². The maximum absolute atomic E-state index is 12.3. The molecule has 0 saturated heterocycles. The van der Waals surface area contributed by atoms with Crippen molar-refractivity contribution in [3.63, 3.8) is 0 Å². The first-order chi connectivity index (χ1) is 17.1. The van der Waals surface area contributed by atoms with Crippen LogP contribution in [-0.4, -0.2) is 46.1 Å². The fourth-order valence-electron chi connectivity index (χ4n) is 3.08. The number of nitrogens with zero attached hydrogens (tertiary/aromatic N) is 2. The van der Waals surface area contributed by atoms with Gasteiger partial charge in [-0.05, 0) is 41.8 Å². The van der Waals surface area contributed by atoms with Crippen molar-refractivity contribution in [1.29, 1.82) is 0 Å². The minimum absolute atomic E-state index is 0. The molecule has 0 aliphatic heterocycles. The molecule has 0 aliphatic carbocycles. The Labute approximate surface area is 259 Å². The average molecular weight is 610 g/mol. The van der Waals surface area contributed by atoms with E-state index in [1.54, 1.807) is 0 Å². The summed E-state index contributed by atoms with van der Waals surface area (Å²) in [5, 5.41) is 29.3. The number of anilines is 1. The fourth-order valence-corrected chi connectivity index (χ4v) is 5.04. The van der Waals surface area contributed by atoms with Crippen LogP contribution in [0.5, 0.6) is 5.75 Å². The largest absolute Gasteiger partial charge is 1.00 e. The molecule has 3 rings (SSSR count). The third-order valence-electron chi connectivity index (χ3n) is 4.73. The molecule has 0 radical (unpaired) electrons. The van der Waals surface area contributed by atoms with Crippen LogP contribution >= 0.6 is 0 Å². The number of amides is 1. The van der Waals surface area contributed by atoms with E-state index in [0.29, 0.717) is 5.41 Å². The SMILES string of the molecule is C=CS(=O)(=O)c1ccc(N=Nc2cc3c(NC(C)=O)cc(S(=O)(=O)[O-])cc3cc2S(=O)(=O)OO)c(O)c1.[K+]. The molecule has 38 heavy (non-hydrogen) atoms. The second kappa shape index (κ2) is 12.0. The van der Waals surface area contributed by atoms with Crippen molar-refractivity contribution in [2.45, 2.75) is 21.6 Å². The van der Waals surface area contributed by atoms with E-state index in [1.165, 1.54) is 0 Å². The van der Waals surface area contributed by atoms with Crippen LogP contribution in [0.4, 0.5) is 17.1 Å². The first-order valence-electron chi connectivity index (χ1n) is 9.64. The number of carbonyl (C=O) groups excluding carboxylic acids is 1. The Morgan fingerprint density at radius 3 is 2.16 bits per heavy atom. The number of aromatic hydroxyl groups is 1. The molecule has 196 valence electrons. The van der Waals surface area contributed by atoms with E-state index < -0.39 is 57.2 Å². The molecule has 18 heteroatoms. The van der Waals surface area contributed by atoms with Gasteiger partial charge < -0.3 is 15.0 Å². The monoisotopic (exact) mass is 609 g/mol. The number of hydrogen-bond donors (Lipinski definition) is 3. The maximum atomic E-state index is 12.3. The second-order valence-corrected chi connectivity index (χ2v) is 12.0. The minimum Gasteiger partial charge on any atom is -0.744 e. The van der Waals surface area contributed by atoms with E-state index in [1.807, 2.05) is 0 Å². The van der Waals surface area contributed by atoms with Gasteiger partial charge in [0.2, 0.25) is 5.91 Å². The Morgan fingerprint density at radius 1 is 1.00 bits per heavy atom. The Hall–Kier alpha value is -2.10. The zero-order valence-electron chi connectivity index (χ0n) is 19.5. The molecule has 3 N–H and O–H groups in total. The number of carbonyl (C=O) groups is 1. The van der Waals surface area contributed by atoms with Gasteiger partial charge in [0, 0.05) is 29.5 Å². The van der Waals surface area contributed by atoms with Gasteiger partial charge in [0.25, 0.3) is 0 Å². The molecule has 3 aromatic carbocycles. The molecule has 0 unspecified atom stereocenters. The minimum atomic E-state index is -5.03. The molecular formula is C20H16KN3O11S3. The quantitative estimate of drug-likeness (QED) is 0.101. The zero-order valence-corrected chi connectivity index (χ0v) is 25.1. The zero-order chi connectivity index (χ0) is 27.8. The van der Waals surface area contributed by atoms with Crippen molar-refractivity contribution in [1.82, 2.24) is 0 Å². The Morgan fingerprint density at radius 2 is 1.63 bits per heavy atom. The number of sulfone groups is 1. The van der Waals surface area contributed by atoms with Crippen molar-refractivity contribution in [2.75, 3.05) is 5.32 Å². The molecule has 0 bridgehead atoms. The van der Waals surface area contributed by atoms with Crippen LogP contribution in [-0.2, 0) is 39.2 Å². The third kappa shape index (κ3) is 7.10. The Bertz CT molecular complexity index is 1800.